The fraction of sp³-hybridized carbons (Fsp3) is 0.429. The van der Waals surface area contributed by atoms with Crippen LogP contribution in [0.2, 0.25) is 0 Å². The quantitative estimate of drug-likeness (QED) is 0.629. The summed E-state index contributed by atoms with van der Waals surface area (Å²) in [6.07, 6.45) is 7.56. The molecule has 0 saturated carbocycles. The van der Waals surface area contributed by atoms with Crippen LogP contribution in [0.4, 0.5) is 0 Å². The highest BCUT2D eigenvalue weighted by Crippen LogP contribution is 2.19. The molecule has 0 saturated heterocycles. The molecular formula is C7H8Br2. The van der Waals surface area contributed by atoms with Crippen LogP contribution in [0.15, 0.2) is 23.8 Å². The van der Waals surface area contributed by atoms with E-state index in [-0.39, 0.29) is 0 Å². The van der Waals surface area contributed by atoms with Crippen LogP contribution in [-0.2, 0) is 0 Å². The minimum absolute atomic E-state index is 0.551. The molecule has 0 aromatic heterocycles. The third kappa shape index (κ3) is 2.26. The van der Waals surface area contributed by atoms with Gasteiger partial charge in [-0.2, -0.15) is 0 Å². The Morgan fingerprint density at radius 2 is 2.44 bits per heavy atom. The Morgan fingerprint density at radius 1 is 1.67 bits per heavy atom. The zero-order chi connectivity index (χ0) is 6.69. The zero-order valence-electron chi connectivity index (χ0n) is 4.98. The molecule has 2 heteroatoms. The molecule has 0 aromatic rings. The molecule has 0 spiro atoms. The Hall–Kier alpha value is 0.440. The summed E-state index contributed by atoms with van der Waals surface area (Å²) in [7, 11) is 0. The van der Waals surface area contributed by atoms with Crippen molar-refractivity contribution in [2.75, 3.05) is 5.33 Å². The lowest BCUT2D eigenvalue weighted by Gasteiger charge is -2.09. The molecule has 0 nitrogen and oxygen atoms in total. The molecule has 0 N–H and O–H groups in total. The second-order valence-electron chi connectivity index (χ2n) is 2.06. The maximum absolute atomic E-state index is 3.52. The van der Waals surface area contributed by atoms with Crippen molar-refractivity contribution in [1.29, 1.82) is 0 Å². The standard InChI is InChI=1S/C7H8Br2/c8-5-6-2-1-3-7(9)4-6/h1-3,7H,4-5H2. The second kappa shape index (κ2) is 3.57. The first-order valence-electron chi connectivity index (χ1n) is 2.89. The van der Waals surface area contributed by atoms with E-state index in [1.54, 1.807) is 0 Å². The van der Waals surface area contributed by atoms with Crippen LogP contribution in [0.25, 0.3) is 0 Å². The zero-order valence-corrected chi connectivity index (χ0v) is 8.15. The minimum atomic E-state index is 0.551. The summed E-state index contributed by atoms with van der Waals surface area (Å²) in [6, 6.07) is 0. The number of hydrogen-bond donors (Lipinski definition) is 0. The number of rotatable bonds is 1. The Balaban J connectivity index is 2.55. The smallest absolute Gasteiger partial charge is 0.0365 e. The van der Waals surface area contributed by atoms with Gasteiger partial charge in [-0.3, -0.25) is 0 Å². The molecule has 9 heavy (non-hydrogen) atoms. The number of allylic oxidation sites excluding steroid dienone is 4. The molecular weight excluding hydrogens is 244 g/mol. The van der Waals surface area contributed by atoms with Gasteiger partial charge >= 0.3 is 0 Å². The predicted octanol–water partition coefficient (Wildman–Crippen LogP) is 3.03. The van der Waals surface area contributed by atoms with Gasteiger partial charge in [0.1, 0.15) is 0 Å². The third-order valence-electron chi connectivity index (χ3n) is 1.28. The summed E-state index contributed by atoms with van der Waals surface area (Å²) in [5.74, 6) is 0. The van der Waals surface area contributed by atoms with E-state index in [1.165, 1.54) is 5.57 Å². The molecule has 1 aliphatic carbocycles. The largest absolute Gasteiger partial charge is 0.0880 e. The van der Waals surface area contributed by atoms with Gasteiger partial charge < -0.3 is 0 Å². The first-order chi connectivity index (χ1) is 4.33. The number of halogens is 2. The average molecular weight is 252 g/mol. The predicted molar refractivity (Wildman–Crippen MR) is 48.3 cm³/mol. The van der Waals surface area contributed by atoms with Crippen LogP contribution in [0, 0.1) is 0 Å². The van der Waals surface area contributed by atoms with Gasteiger partial charge in [0.25, 0.3) is 0 Å². The van der Waals surface area contributed by atoms with Crippen LogP contribution in [0.1, 0.15) is 6.42 Å². The van der Waals surface area contributed by atoms with Crippen LogP contribution >= 0.6 is 31.9 Å². The molecule has 0 radical (unpaired) electrons. The van der Waals surface area contributed by atoms with Crippen molar-refractivity contribution < 1.29 is 0 Å². The van der Waals surface area contributed by atoms with E-state index >= 15 is 0 Å². The lowest BCUT2D eigenvalue weighted by molar-refractivity contribution is 1.00. The Morgan fingerprint density at radius 3 is 2.89 bits per heavy atom. The SMILES string of the molecule is BrCC1=CC=CC(Br)C1. The van der Waals surface area contributed by atoms with Crippen molar-refractivity contribution in [3.8, 4) is 0 Å². The van der Waals surface area contributed by atoms with Gasteiger partial charge in [0, 0.05) is 10.2 Å². The Bertz CT molecular complexity index is 147. The van der Waals surface area contributed by atoms with E-state index in [9.17, 15) is 0 Å². The number of hydrogen-bond acceptors (Lipinski definition) is 0. The summed E-state index contributed by atoms with van der Waals surface area (Å²) >= 11 is 6.94. The Kier molecular flexibility index (Phi) is 2.99. The molecule has 1 rings (SSSR count). The average Bonchev–Trinajstić information content (AvgIpc) is 1.88. The van der Waals surface area contributed by atoms with E-state index in [0.29, 0.717) is 4.83 Å². The molecule has 50 valence electrons. The summed E-state index contributed by atoms with van der Waals surface area (Å²) in [4.78, 5) is 0.551. The van der Waals surface area contributed by atoms with Crippen molar-refractivity contribution in [2.45, 2.75) is 11.2 Å². The Labute approximate surface area is 72.3 Å². The van der Waals surface area contributed by atoms with Crippen LogP contribution in [0.5, 0.6) is 0 Å². The van der Waals surface area contributed by atoms with Gasteiger partial charge in [-0.1, -0.05) is 55.7 Å². The van der Waals surface area contributed by atoms with E-state index in [4.69, 9.17) is 0 Å². The molecule has 0 fully saturated rings. The summed E-state index contributed by atoms with van der Waals surface area (Å²) in [5, 5.41) is 0.999. The van der Waals surface area contributed by atoms with Gasteiger partial charge in [0.2, 0.25) is 0 Å². The summed E-state index contributed by atoms with van der Waals surface area (Å²) in [5.41, 5.74) is 1.46. The van der Waals surface area contributed by atoms with Gasteiger partial charge in [0.15, 0.2) is 0 Å². The van der Waals surface area contributed by atoms with Crippen molar-refractivity contribution in [2.24, 2.45) is 0 Å². The first kappa shape index (κ1) is 7.55. The lowest BCUT2D eigenvalue weighted by atomic mass is 10.1. The van der Waals surface area contributed by atoms with E-state index in [1.807, 2.05) is 0 Å². The molecule has 1 unspecified atom stereocenters. The first-order valence-corrected chi connectivity index (χ1v) is 4.93. The second-order valence-corrected chi connectivity index (χ2v) is 3.80. The van der Waals surface area contributed by atoms with Gasteiger partial charge in [0.05, 0.1) is 0 Å². The van der Waals surface area contributed by atoms with Crippen LogP contribution < -0.4 is 0 Å². The normalized spacial score (nSPS) is 26.0. The molecule has 0 aliphatic heterocycles. The molecule has 0 heterocycles. The minimum Gasteiger partial charge on any atom is -0.0880 e. The van der Waals surface area contributed by atoms with E-state index in [0.717, 1.165) is 11.8 Å². The highest BCUT2D eigenvalue weighted by Gasteiger charge is 2.05. The monoisotopic (exact) mass is 250 g/mol. The van der Waals surface area contributed by atoms with Crippen molar-refractivity contribution in [3.05, 3.63) is 23.8 Å². The summed E-state index contributed by atoms with van der Waals surface area (Å²) < 4.78 is 0. The highest BCUT2D eigenvalue weighted by atomic mass is 79.9. The summed E-state index contributed by atoms with van der Waals surface area (Å²) in [6.45, 7) is 0. The molecule has 0 amide bonds. The maximum atomic E-state index is 3.52. The van der Waals surface area contributed by atoms with Gasteiger partial charge in [-0.05, 0) is 6.42 Å². The number of alkyl halides is 2. The van der Waals surface area contributed by atoms with Gasteiger partial charge in [-0.25, -0.2) is 0 Å². The molecule has 1 aliphatic rings. The van der Waals surface area contributed by atoms with Crippen LogP contribution in [-0.4, -0.2) is 10.2 Å². The van der Waals surface area contributed by atoms with E-state index < -0.39 is 0 Å². The van der Waals surface area contributed by atoms with Gasteiger partial charge in [-0.15, -0.1) is 0 Å². The molecule has 1 atom stereocenters. The molecule has 0 bridgehead atoms. The lowest BCUT2D eigenvalue weighted by Crippen LogP contribution is -1.99. The van der Waals surface area contributed by atoms with E-state index in [2.05, 4.69) is 50.1 Å². The third-order valence-corrected chi connectivity index (χ3v) is 2.63. The fourth-order valence-corrected chi connectivity index (χ4v) is 1.81. The topological polar surface area (TPSA) is 0 Å². The van der Waals surface area contributed by atoms with Crippen molar-refractivity contribution in [3.63, 3.8) is 0 Å². The maximum Gasteiger partial charge on any atom is 0.0365 e. The van der Waals surface area contributed by atoms with Crippen molar-refractivity contribution >= 4 is 31.9 Å². The highest BCUT2D eigenvalue weighted by molar-refractivity contribution is 9.09. The van der Waals surface area contributed by atoms with Crippen molar-refractivity contribution in [1.82, 2.24) is 0 Å². The molecule has 0 aromatic carbocycles. The fourth-order valence-electron chi connectivity index (χ4n) is 0.798. The van der Waals surface area contributed by atoms with Crippen LogP contribution in [0.3, 0.4) is 0 Å².